The molecule has 1 heterocycles. The average molecular weight is 251 g/mol. The zero-order valence-corrected chi connectivity index (χ0v) is 10.0. The van der Waals surface area contributed by atoms with Gasteiger partial charge >= 0.3 is 11.7 Å². The first-order valence-electron chi connectivity index (χ1n) is 5.12. The summed E-state index contributed by atoms with van der Waals surface area (Å²) in [6.45, 7) is 5.31. The molecule has 18 heavy (non-hydrogen) atoms. The molecule has 0 saturated heterocycles. The maximum Gasteiger partial charge on any atom is 0.356 e. The van der Waals surface area contributed by atoms with Crippen molar-refractivity contribution in [2.75, 3.05) is 12.4 Å². The zero-order valence-electron chi connectivity index (χ0n) is 10.0. The number of nitro groups is 1. The lowest BCUT2D eigenvalue weighted by molar-refractivity contribution is -0.384. The van der Waals surface area contributed by atoms with Gasteiger partial charge in [-0.3, -0.25) is 10.1 Å². The predicted octanol–water partition coefficient (Wildman–Crippen LogP) is 1.76. The van der Waals surface area contributed by atoms with Crippen molar-refractivity contribution in [1.82, 2.24) is 4.98 Å². The SMILES string of the molecule is C=CC(C)Nc1nc(C(=O)OC)ccc1[N+](=O)[O-]. The highest BCUT2D eigenvalue weighted by Crippen LogP contribution is 2.23. The fraction of sp³-hybridized carbons (Fsp3) is 0.273. The van der Waals surface area contributed by atoms with Crippen LogP contribution in [-0.2, 0) is 4.74 Å². The molecule has 1 rings (SSSR count). The van der Waals surface area contributed by atoms with Gasteiger partial charge in [0.15, 0.2) is 5.69 Å². The third-order valence-corrected chi connectivity index (χ3v) is 2.18. The average Bonchev–Trinajstić information content (AvgIpc) is 2.37. The Morgan fingerprint density at radius 1 is 1.67 bits per heavy atom. The van der Waals surface area contributed by atoms with Crippen molar-refractivity contribution < 1.29 is 14.5 Å². The molecule has 0 aromatic carbocycles. The van der Waals surface area contributed by atoms with Crippen LogP contribution in [-0.4, -0.2) is 29.0 Å². The zero-order chi connectivity index (χ0) is 13.7. The third kappa shape index (κ3) is 3.03. The van der Waals surface area contributed by atoms with Crippen LogP contribution in [0.15, 0.2) is 24.8 Å². The number of ether oxygens (including phenoxy) is 1. The summed E-state index contributed by atoms with van der Waals surface area (Å²) < 4.78 is 4.50. The summed E-state index contributed by atoms with van der Waals surface area (Å²) in [5.74, 6) is -0.644. The normalized spacial score (nSPS) is 11.4. The molecule has 0 saturated carbocycles. The number of carbonyl (C=O) groups is 1. The van der Waals surface area contributed by atoms with E-state index in [9.17, 15) is 14.9 Å². The number of rotatable bonds is 5. The van der Waals surface area contributed by atoms with Crippen LogP contribution < -0.4 is 5.32 Å². The Labute approximate surface area is 104 Å². The highest BCUT2D eigenvalue weighted by molar-refractivity contribution is 5.88. The summed E-state index contributed by atoms with van der Waals surface area (Å²) in [5.41, 5.74) is -0.210. The molecule has 0 spiro atoms. The number of nitrogens with one attached hydrogen (secondary N) is 1. The number of esters is 1. The lowest BCUT2D eigenvalue weighted by atomic mass is 10.3. The first kappa shape index (κ1) is 13.6. The molecule has 96 valence electrons. The van der Waals surface area contributed by atoms with Gasteiger partial charge in [-0.05, 0) is 13.0 Å². The summed E-state index contributed by atoms with van der Waals surface area (Å²) in [7, 11) is 1.21. The van der Waals surface area contributed by atoms with E-state index in [0.29, 0.717) is 0 Å². The summed E-state index contributed by atoms with van der Waals surface area (Å²) >= 11 is 0. The number of anilines is 1. The van der Waals surface area contributed by atoms with Crippen molar-refractivity contribution in [1.29, 1.82) is 0 Å². The van der Waals surface area contributed by atoms with Crippen LogP contribution in [0.1, 0.15) is 17.4 Å². The van der Waals surface area contributed by atoms with Gasteiger partial charge in [-0.25, -0.2) is 9.78 Å². The van der Waals surface area contributed by atoms with Crippen molar-refractivity contribution in [2.45, 2.75) is 13.0 Å². The Morgan fingerprint density at radius 2 is 2.33 bits per heavy atom. The lowest BCUT2D eigenvalue weighted by Crippen LogP contribution is -2.16. The second kappa shape index (κ2) is 5.76. The second-order valence-electron chi connectivity index (χ2n) is 3.48. The minimum Gasteiger partial charge on any atom is -0.464 e. The summed E-state index contributed by atoms with van der Waals surface area (Å²) in [5, 5.41) is 13.6. The first-order valence-corrected chi connectivity index (χ1v) is 5.12. The number of hydrogen-bond donors (Lipinski definition) is 1. The van der Waals surface area contributed by atoms with Gasteiger partial charge in [-0.1, -0.05) is 6.08 Å². The van der Waals surface area contributed by atoms with Crippen LogP contribution in [0.25, 0.3) is 0 Å². The molecule has 1 N–H and O–H groups in total. The van der Waals surface area contributed by atoms with E-state index in [1.807, 2.05) is 0 Å². The van der Waals surface area contributed by atoms with Gasteiger partial charge in [-0.15, -0.1) is 6.58 Å². The number of methoxy groups -OCH3 is 1. The number of carbonyl (C=O) groups excluding carboxylic acids is 1. The standard InChI is InChI=1S/C11H13N3O4/c1-4-7(2)12-10-9(14(16)17)6-5-8(13-10)11(15)18-3/h4-7H,1H2,2-3H3,(H,12,13). The number of hydrogen-bond acceptors (Lipinski definition) is 6. The highest BCUT2D eigenvalue weighted by atomic mass is 16.6. The van der Waals surface area contributed by atoms with Crippen molar-refractivity contribution in [3.63, 3.8) is 0 Å². The van der Waals surface area contributed by atoms with Crippen molar-refractivity contribution in [3.05, 3.63) is 40.6 Å². The molecule has 1 unspecified atom stereocenters. The van der Waals surface area contributed by atoms with Gasteiger partial charge in [0.1, 0.15) is 0 Å². The van der Waals surface area contributed by atoms with Gasteiger partial charge in [0.25, 0.3) is 0 Å². The van der Waals surface area contributed by atoms with E-state index in [-0.39, 0.29) is 23.2 Å². The molecule has 7 heteroatoms. The minimum atomic E-state index is -0.654. The molecular formula is C11H13N3O4. The Hall–Kier alpha value is -2.44. The monoisotopic (exact) mass is 251 g/mol. The van der Waals surface area contributed by atoms with Crippen LogP contribution in [0.5, 0.6) is 0 Å². The van der Waals surface area contributed by atoms with Crippen LogP contribution in [0.3, 0.4) is 0 Å². The van der Waals surface area contributed by atoms with Crippen LogP contribution >= 0.6 is 0 Å². The van der Waals surface area contributed by atoms with Gasteiger partial charge in [0.05, 0.1) is 12.0 Å². The minimum absolute atomic E-state index is 0.00172. The van der Waals surface area contributed by atoms with Crippen LogP contribution in [0.2, 0.25) is 0 Å². The van der Waals surface area contributed by atoms with E-state index in [1.54, 1.807) is 13.0 Å². The molecule has 0 fully saturated rings. The molecule has 0 aliphatic carbocycles. The van der Waals surface area contributed by atoms with Crippen molar-refractivity contribution in [3.8, 4) is 0 Å². The first-order chi connectivity index (χ1) is 8.49. The fourth-order valence-electron chi connectivity index (χ4n) is 1.20. The molecule has 0 bridgehead atoms. The molecule has 1 aromatic rings. The Bertz CT molecular complexity index is 487. The van der Waals surface area contributed by atoms with E-state index < -0.39 is 10.9 Å². The highest BCUT2D eigenvalue weighted by Gasteiger charge is 2.19. The maximum atomic E-state index is 11.3. The smallest absolute Gasteiger partial charge is 0.356 e. The topological polar surface area (TPSA) is 94.4 Å². The predicted molar refractivity (Wildman–Crippen MR) is 65.5 cm³/mol. The van der Waals surface area contributed by atoms with Gasteiger partial charge < -0.3 is 10.1 Å². The van der Waals surface area contributed by atoms with E-state index >= 15 is 0 Å². The number of nitrogens with zero attached hydrogens (tertiary/aromatic N) is 2. The molecule has 1 aromatic heterocycles. The van der Waals surface area contributed by atoms with E-state index in [4.69, 9.17) is 0 Å². The summed E-state index contributed by atoms with van der Waals surface area (Å²) in [4.78, 5) is 25.4. The summed E-state index contributed by atoms with van der Waals surface area (Å²) in [6.07, 6.45) is 1.57. The second-order valence-corrected chi connectivity index (χ2v) is 3.48. The van der Waals surface area contributed by atoms with Crippen LogP contribution in [0, 0.1) is 10.1 Å². The van der Waals surface area contributed by atoms with Crippen molar-refractivity contribution >= 4 is 17.5 Å². The molecule has 0 radical (unpaired) electrons. The number of aromatic nitrogens is 1. The lowest BCUT2D eigenvalue weighted by Gasteiger charge is -2.10. The largest absolute Gasteiger partial charge is 0.464 e. The van der Waals surface area contributed by atoms with E-state index in [0.717, 1.165) is 0 Å². The third-order valence-electron chi connectivity index (χ3n) is 2.18. The van der Waals surface area contributed by atoms with Gasteiger partial charge in [0.2, 0.25) is 5.82 Å². The summed E-state index contributed by atoms with van der Waals surface area (Å²) in [6, 6.07) is 2.23. The molecule has 0 amide bonds. The Morgan fingerprint density at radius 3 is 2.83 bits per heavy atom. The van der Waals surface area contributed by atoms with Crippen molar-refractivity contribution in [2.24, 2.45) is 0 Å². The van der Waals surface area contributed by atoms with Gasteiger partial charge in [-0.2, -0.15) is 0 Å². The fourth-order valence-corrected chi connectivity index (χ4v) is 1.20. The van der Waals surface area contributed by atoms with Gasteiger partial charge in [0, 0.05) is 12.1 Å². The van der Waals surface area contributed by atoms with Crippen LogP contribution in [0.4, 0.5) is 11.5 Å². The number of pyridine rings is 1. The Kier molecular flexibility index (Phi) is 4.36. The Balaban J connectivity index is 3.19. The maximum absolute atomic E-state index is 11.3. The quantitative estimate of drug-likeness (QED) is 0.371. The molecule has 0 aliphatic heterocycles. The van der Waals surface area contributed by atoms with E-state index in [1.165, 1.54) is 19.2 Å². The molecule has 1 atom stereocenters. The van der Waals surface area contributed by atoms with E-state index in [2.05, 4.69) is 21.6 Å². The molecular weight excluding hydrogens is 238 g/mol. The molecule has 0 aliphatic rings. The molecule has 7 nitrogen and oxygen atoms in total.